The lowest BCUT2D eigenvalue weighted by atomic mass is 10.1. The van der Waals surface area contributed by atoms with E-state index in [0.29, 0.717) is 0 Å². The number of halogens is 7. The van der Waals surface area contributed by atoms with E-state index in [9.17, 15) is 44.3 Å². The molecule has 12 nitrogen and oxygen atoms in total. The summed E-state index contributed by atoms with van der Waals surface area (Å²) in [5.41, 5.74) is -5.29. The number of methoxy groups -OCH3 is 1. The second kappa shape index (κ2) is 14.1. The maximum atomic E-state index is 15.1. The molecule has 264 valence electrons. The van der Waals surface area contributed by atoms with Gasteiger partial charge in [0, 0.05) is 17.2 Å². The first-order valence-corrected chi connectivity index (χ1v) is 16.2. The number of aliphatic imine (C=N–C) groups is 1. The smallest absolute Gasteiger partial charge is 0.497 e. The number of carbonyl (C=O) groups excluding carboxylic acids is 2. The zero-order chi connectivity index (χ0) is 36.4. The number of hydrogen-bond acceptors (Lipinski definition) is 9. The monoisotopic (exact) mass is 746 g/mol. The van der Waals surface area contributed by atoms with Crippen molar-refractivity contribution in [2.45, 2.75) is 23.2 Å². The number of rotatable bonds is 9. The van der Waals surface area contributed by atoms with E-state index in [1.165, 1.54) is 37.4 Å². The van der Waals surface area contributed by atoms with Crippen LogP contribution in [0.15, 0.2) is 76.9 Å². The lowest BCUT2D eigenvalue weighted by Gasteiger charge is -2.21. The van der Waals surface area contributed by atoms with Crippen LogP contribution in [0.5, 0.6) is 5.75 Å². The Morgan fingerprint density at radius 3 is 2.40 bits per heavy atom. The van der Waals surface area contributed by atoms with Gasteiger partial charge in [0.15, 0.2) is 11.0 Å². The standard InChI is InChI=1S/C29H21F7N6O6S2/c1-47-19-6-2-17(12-48-14-28(31,32)33)23(11-19)42-24(43)13-49-27(42)39-26(44)38-22-9-3-16(10-21(22)30)25-37-15-41(40-25)18-4-7-20(8-5-18)50(45,46)29(34,35)36/h2-11,15H,12-14H2,1H3,(H,38,44). The van der Waals surface area contributed by atoms with Gasteiger partial charge in [-0.2, -0.15) is 31.3 Å². The number of nitrogens with zero attached hydrogens (tertiary/aromatic N) is 5. The Hall–Kier alpha value is -5.02. The van der Waals surface area contributed by atoms with Crippen LogP contribution in [0, 0.1) is 5.82 Å². The average Bonchev–Trinajstić information content (AvgIpc) is 3.68. The number of aromatic nitrogens is 3. The van der Waals surface area contributed by atoms with Gasteiger partial charge in [0.05, 0.1) is 41.4 Å². The van der Waals surface area contributed by atoms with Crippen LogP contribution < -0.4 is 15.0 Å². The molecule has 0 atom stereocenters. The Balaban J connectivity index is 1.31. The number of ether oxygens (including phenoxy) is 2. The Morgan fingerprint density at radius 1 is 1.04 bits per heavy atom. The summed E-state index contributed by atoms with van der Waals surface area (Å²) in [6.07, 6.45) is -3.43. The van der Waals surface area contributed by atoms with Crippen molar-refractivity contribution in [3.63, 3.8) is 0 Å². The molecular weight excluding hydrogens is 725 g/mol. The molecule has 0 spiro atoms. The number of carbonyl (C=O) groups is 2. The lowest BCUT2D eigenvalue weighted by molar-refractivity contribution is -0.176. The molecule has 2 heterocycles. The maximum absolute atomic E-state index is 15.1. The molecule has 0 saturated carbocycles. The van der Waals surface area contributed by atoms with Gasteiger partial charge in [0.2, 0.25) is 5.91 Å². The molecule has 5 rings (SSSR count). The number of alkyl halides is 6. The zero-order valence-corrected chi connectivity index (χ0v) is 26.8. The third kappa shape index (κ3) is 8.05. The van der Waals surface area contributed by atoms with Crippen LogP contribution in [0.4, 0.5) is 46.9 Å². The number of benzene rings is 3. The number of thioether (sulfide) groups is 1. The number of sulfone groups is 1. The molecule has 4 aromatic rings. The van der Waals surface area contributed by atoms with Crippen molar-refractivity contribution in [2.24, 2.45) is 4.99 Å². The van der Waals surface area contributed by atoms with Gasteiger partial charge >= 0.3 is 17.7 Å². The van der Waals surface area contributed by atoms with Crippen LogP contribution >= 0.6 is 11.8 Å². The number of anilines is 2. The van der Waals surface area contributed by atoms with Crippen LogP contribution in [0.1, 0.15) is 5.56 Å². The average molecular weight is 747 g/mol. The van der Waals surface area contributed by atoms with Gasteiger partial charge in [0.25, 0.3) is 9.84 Å². The molecule has 1 N–H and O–H groups in total. The zero-order valence-electron chi connectivity index (χ0n) is 25.1. The Morgan fingerprint density at radius 2 is 1.76 bits per heavy atom. The van der Waals surface area contributed by atoms with Crippen LogP contribution in [-0.4, -0.2) is 71.4 Å². The third-order valence-electron chi connectivity index (χ3n) is 6.70. The fourth-order valence-corrected chi connectivity index (χ4v) is 6.00. The van der Waals surface area contributed by atoms with Gasteiger partial charge in [0.1, 0.15) is 24.5 Å². The summed E-state index contributed by atoms with van der Waals surface area (Å²) in [5.74, 6) is -1.43. The predicted octanol–water partition coefficient (Wildman–Crippen LogP) is 6.12. The molecule has 0 aliphatic carbocycles. The highest BCUT2D eigenvalue weighted by atomic mass is 32.2. The molecule has 1 fully saturated rings. The number of nitrogens with one attached hydrogen (secondary N) is 1. The first-order chi connectivity index (χ1) is 23.5. The van der Waals surface area contributed by atoms with Crippen molar-refractivity contribution in [1.82, 2.24) is 14.8 Å². The molecule has 21 heteroatoms. The van der Waals surface area contributed by atoms with E-state index in [1.54, 1.807) is 0 Å². The lowest BCUT2D eigenvalue weighted by Crippen LogP contribution is -2.31. The second-order valence-electron chi connectivity index (χ2n) is 10.1. The quantitative estimate of drug-likeness (QED) is 0.200. The van der Waals surface area contributed by atoms with Gasteiger partial charge in [-0.15, -0.1) is 5.10 Å². The molecule has 0 unspecified atom stereocenters. The molecule has 0 radical (unpaired) electrons. The third-order valence-corrected chi connectivity index (χ3v) is 9.12. The van der Waals surface area contributed by atoms with E-state index in [0.717, 1.165) is 58.0 Å². The van der Waals surface area contributed by atoms with E-state index < -0.39 is 57.4 Å². The number of hydrogen-bond donors (Lipinski definition) is 1. The molecule has 3 aromatic carbocycles. The van der Waals surface area contributed by atoms with Gasteiger partial charge in [-0.05, 0) is 48.5 Å². The first-order valence-electron chi connectivity index (χ1n) is 13.8. The number of amidine groups is 1. The first kappa shape index (κ1) is 36.3. The Kier molecular flexibility index (Phi) is 10.2. The van der Waals surface area contributed by atoms with Crippen LogP contribution in [-0.2, 0) is 26.0 Å². The largest absolute Gasteiger partial charge is 0.501 e. The van der Waals surface area contributed by atoms with E-state index in [2.05, 4.69) is 20.4 Å². The van der Waals surface area contributed by atoms with E-state index >= 15 is 4.39 Å². The van der Waals surface area contributed by atoms with Crippen LogP contribution in [0.3, 0.4) is 0 Å². The minimum absolute atomic E-state index is 0.0289. The fourth-order valence-electron chi connectivity index (χ4n) is 4.38. The Labute approximate surface area is 281 Å². The number of urea groups is 1. The SMILES string of the molecule is COc1ccc(COCC(F)(F)F)c(N2C(=O)CSC2=NC(=O)Nc2ccc(-c3ncn(-c4ccc(S(=O)(=O)C(F)(F)F)cc4)n3)cc2F)c1. The summed E-state index contributed by atoms with van der Waals surface area (Å²) in [6, 6.07) is 10.3. The fraction of sp³-hybridized carbons (Fsp3) is 0.207. The number of amides is 3. The van der Waals surface area contributed by atoms with Gasteiger partial charge < -0.3 is 14.8 Å². The van der Waals surface area contributed by atoms with E-state index in [1.807, 2.05) is 0 Å². The maximum Gasteiger partial charge on any atom is 0.501 e. The molecule has 1 aliphatic rings. The highest BCUT2D eigenvalue weighted by Crippen LogP contribution is 2.34. The molecule has 0 bridgehead atoms. The van der Waals surface area contributed by atoms with Crippen molar-refractivity contribution in [1.29, 1.82) is 0 Å². The molecule has 1 aromatic heterocycles. The van der Waals surface area contributed by atoms with Crippen molar-refractivity contribution >= 4 is 50.1 Å². The second-order valence-corrected chi connectivity index (χ2v) is 13.0. The van der Waals surface area contributed by atoms with Gasteiger partial charge in [-0.3, -0.25) is 9.69 Å². The van der Waals surface area contributed by atoms with Crippen molar-refractivity contribution < 1.29 is 58.2 Å². The normalized spacial score (nSPS) is 14.8. The molecule has 1 saturated heterocycles. The van der Waals surface area contributed by atoms with E-state index in [-0.39, 0.29) is 50.7 Å². The summed E-state index contributed by atoms with van der Waals surface area (Å²) >= 11 is 0.861. The summed E-state index contributed by atoms with van der Waals surface area (Å²) in [5, 5.41) is 6.23. The van der Waals surface area contributed by atoms with Gasteiger partial charge in [-0.1, -0.05) is 17.8 Å². The molecule has 1 aliphatic heterocycles. The minimum atomic E-state index is -5.55. The van der Waals surface area contributed by atoms with Crippen molar-refractivity contribution in [3.8, 4) is 22.8 Å². The highest BCUT2D eigenvalue weighted by molar-refractivity contribution is 8.15. The molecular formula is C29H21F7N6O6S2. The highest BCUT2D eigenvalue weighted by Gasteiger charge is 2.46. The molecule has 50 heavy (non-hydrogen) atoms. The van der Waals surface area contributed by atoms with Crippen molar-refractivity contribution in [2.75, 3.05) is 29.7 Å². The van der Waals surface area contributed by atoms with Crippen LogP contribution in [0.25, 0.3) is 17.1 Å². The topological polar surface area (TPSA) is 145 Å². The minimum Gasteiger partial charge on any atom is -0.497 e. The predicted molar refractivity (Wildman–Crippen MR) is 165 cm³/mol. The van der Waals surface area contributed by atoms with Crippen LogP contribution in [0.2, 0.25) is 0 Å². The molecule has 3 amide bonds. The Bertz CT molecular complexity index is 2070. The van der Waals surface area contributed by atoms with E-state index in [4.69, 9.17) is 9.47 Å². The summed E-state index contributed by atoms with van der Waals surface area (Å²) < 4.78 is 126. The van der Waals surface area contributed by atoms with Gasteiger partial charge in [-0.25, -0.2) is 27.3 Å². The summed E-state index contributed by atoms with van der Waals surface area (Å²) in [4.78, 5) is 33.6. The summed E-state index contributed by atoms with van der Waals surface area (Å²) in [6.45, 7) is -2.07. The summed E-state index contributed by atoms with van der Waals surface area (Å²) in [7, 11) is -4.22. The van der Waals surface area contributed by atoms with Crippen molar-refractivity contribution in [3.05, 3.63) is 78.4 Å².